The van der Waals surface area contributed by atoms with Crippen LogP contribution < -0.4 is 0 Å². The van der Waals surface area contributed by atoms with E-state index in [0.717, 1.165) is 103 Å². The summed E-state index contributed by atoms with van der Waals surface area (Å²) in [7, 11) is 0. The van der Waals surface area contributed by atoms with Crippen LogP contribution in [0.3, 0.4) is 0 Å². The summed E-state index contributed by atoms with van der Waals surface area (Å²) >= 11 is 0. The maximum atomic E-state index is 12.9. The molecule has 0 radical (unpaired) electrons. The van der Waals surface area contributed by atoms with E-state index in [4.69, 9.17) is 14.2 Å². The molecular formula is C70H122O6. The Hall–Kier alpha value is -3.41. The Morgan fingerprint density at radius 3 is 0.829 bits per heavy atom. The van der Waals surface area contributed by atoms with Gasteiger partial charge in [0.2, 0.25) is 0 Å². The lowest BCUT2D eigenvalue weighted by atomic mass is 10.0. The van der Waals surface area contributed by atoms with Gasteiger partial charge in [-0.2, -0.15) is 0 Å². The molecule has 0 amide bonds. The van der Waals surface area contributed by atoms with Crippen LogP contribution >= 0.6 is 0 Å². The first-order chi connectivity index (χ1) is 37.5. The first-order valence-corrected chi connectivity index (χ1v) is 32.6. The number of allylic oxidation sites excluding steroid dienone is 14. The van der Waals surface area contributed by atoms with Crippen molar-refractivity contribution >= 4 is 17.9 Å². The number of esters is 3. The predicted molar refractivity (Wildman–Crippen MR) is 330 cm³/mol. The maximum absolute atomic E-state index is 12.9. The highest BCUT2D eigenvalue weighted by atomic mass is 16.6. The number of ether oxygens (including phenoxy) is 3. The zero-order valence-corrected chi connectivity index (χ0v) is 50.3. The molecule has 0 spiro atoms. The molecule has 0 aromatic heterocycles. The number of hydrogen-bond donors (Lipinski definition) is 0. The van der Waals surface area contributed by atoms with Crippen LogP contribution in [0.15, 0.2) is 85.1 Å². The van der Waals surface area contributed by atoms with E-state index in [9.17, 15) is 14.4 Å². The smallest absolute Gasteiger partial charge is 0.306 e. The Morgan fingerprint density at radius 2 is 0.513 bits per heavy atom. The zero-order chi connectivity index (χ0) is 55.0. The second kappa shape index (κ2) is 64.1. The molecule has 438 valence electrons. The van der Waals surface area contributed by atoms with Crippen molar-refractivity contribution in [3.8, 4) is 0 Å². The summed E-state index contributed by atoms with van der Waals surface area (Å²) in [5.74, 6) is -0.873. The molecule has 0 aromatic carbocycles. The van der Waals surface area contributed by atoms with Gasteiger partial charge < -0.3 is 14.2 Å². The highest BCUT2D eigenvalue weighted by Gasteiger charge is 2.19. The SMILES string of the molecule is CC/C=C\C/C=C\C/C=C\C/C=C\C/C=C\CCCCCCCCCCCCCC(=O)OCC(COC(=O)CCCCCCCCCCCCCCCC)OC(=O)CCCCCCCCC/C=C\C/C=C\CCCCC. The van der Waals surface area contributed by atoms with Crippen molar-refractivity contribution in [1.82, 2.24) is 0 Å². The molecule has 0 aliphatic carbocycles. The molecule has 6 heteroatoms. The topological polar surface area (TPSA) is 78.9 Å². The van der Waals surface area contributed by atoms with Crippen molar-refractivity contribution in [2.45, 2.75) is 329 Å². The van der Waals surface area contributed by atoms with E-state index in [0.29, 0.717) is 19.3 Å². The van der Waals surface area contributed by atoms with E-state index >= 15 is 0 Å². The second-order valence-corrected chi connectivity index (χ2v) is 21.6. The van der Waals surface area contributed by atoms with Gasteiger partial charge in [0, 0.05) is 19.3 Å². The van der Waals surface area contributed by atoms with Gasteiger partial charge in [0.1, 0.15) is 13.2 Å². The summed E-state index contributed by atoms with van der Waals surface area (Å²) in [4.78, 5) is 38.3. The minimum atomic E-state index is -0.781. The molecule has 0 bridgehead atoms. The molecule has 0 aliphatic rings. The van der Waals surface area contributed by atoms with Crippen LogP contribution in [0.1, 0.15) is 323 Å². The van der Waals surface area contributed by atoms with Crippen molar-refractivity contribution in [3.63, 3.8) is 0 Å². The normalized spacial score (nSPS) is 12.6. The van der Waals surface area contributed by atoms with Crippen molar-refractivity contribution in [2.24, 2.45) is 0 Å². The molecule has 0 fully saturated rings. The molecule has 0 saturated heterocycles. The van der Waals surface area contributed by atoms with Gasteiger partial charge in [-0.3, -0.25) is 14.4 Å². The highest BCUT2D eigenvalue weighted by molar-refractivity contribution is 5.71. The number of carbonyl (C=O) groups is 3. The van der Waals surface area contributed by atoms with E-state index in [1.54, 1.807) is 0 Å². The average Bonchev–Trinajstić information content (AvgIpc) is 3.42. The van der Waals surface area contributed by atoms with Gasteiger partial charge >= 0.3 is 17.9 Å². The lowest BCUT2D eigenvalue weighted by Gasteiger charge is -2.18. The average molecular weight is 1060 g/mol. The van der Waals surface area contributed by atoms with Crippen LogP contribution in [-0.4, -0.2) is 37.2 Å². The molecule has 76 heavy (non-hydrogen) atoms. The Kier molecular flexibility index (Phi) is 61.2. The predicted octanol–water partition coefficient (Wildman–Crippen LogP) is 22.3. The molecule has 6 nitrogen and oxygen atoms in total. The van der Waals surface area contributed by atoms with Crippen LogP contribution in [0.2, 0.25) is 0 Å². The Morgan fingerprint density at radius 1 is 0.276 bits per heavy atom. The number of carbonyl (C=O) groups excluding carboxylic acids is 3. The lowest BCUT2D eigenvalue weighted by molar-refractivity contribution is -0.167. The summed E-state index contributed by atoms with van der Waals surface area (Å²) in [5, 5.41) is 0. The summed E-state index contributed by atoms with van der Waals surface area (Å²) < 4.78 is 16.9. The first-order valence-electron chi connectivity index (χ1n) is 32.6. The van der Waals surface area contributed by atoms with E-state index in [1.165, 1.54) is 180 Å². The molecule has 0 N–H and O–H groups in total. The minimum Gasteiger partial charge on any atom is -0.462 e. The lowest BCUT2D eigenvalue weighted by Crippen LogP contribution is -2.30. The molecule has 1 atom stereocenters. The minimum absolute atomic E-state index is 0.0769. The Bertz CT molecular complexity index is 1450. The molecule has 0 rings (SSSR count). The van der Waals surface area contributed by atoms with Gasteiger partial charge in [0.15, 0.2) is 6.10 Å². The Labute approximate surface area is 471 Å². The largest absolute Gasteiger partial charge is 0.462 e. The maximum Gasteiger partial charge on any atom is 0.306 e. The molecular weight excluding hydrogens is 937 g/mol. The number of hydrogen-bond acceptors (Lipinski definition) is 6. The third-order valence-electron chi connectivity index (χ3n) is 14.1. The van der Waals surface area contributed by atoms with E-state index in [-0.39, 0.29) is 31.1 Å². The third-order valence-corrected chi connectivity index (χ3v) is 14.1. The molecule has 0 heterocycles. The number of rotatable bonds is 59. The molecule has 1 unspecified atom stereocenters. The third kappa shape index (κ3) is 61.4. The quantitative estimate of drug-likeness (QED) is 0.0261. The van der Waals surface area contributed by atoms with Gasteiger partial charge in [-0.15, -0.1) is 0 Å². The monoisotopic (exact) mass is 1060 g/mol. The van der Waals surface area contributed by atoms with Gasteiger partial charge in [0.05, 0.1) is 0 Å². The summed E-state index contributed by atoms with van der Waals surface area (Å²) in [6, 6.07) is 0. The van der Waals surface area contributed by atoms with Gasteiger partial charge in [-0.05, 0) is 96.3 Å². The number of unbranched alkanes of at least 4 members (excludes halogenated alkanes) is 34. The fraction of sp³-hybridized carbons (Fsp3) is 0.757. The van der Waals surface area contributed by atoms with Crippen molar-refractivity contribution in [3.05, 3.63) is 85.1 Å². The van der Waals surface area contributed by atoms with Gasteiger partial charge in [-0.25, -0.2) is 0 Å². The van der Waals surface area contributed by atoms with E-state index < -0.39 is 6.10 Å². The van der Waals surface area contributed by atoms with Crippen LogP contribution in [0.5, 0.6) is 0 Å². The highest BCUT2D eigenvalue weighted by Crippen LogP contribution is 2.17. The fourth-order valence-electron chi connectivity index (χ4n) is 9.27. The van der Waals surface area contributed by atoms with Crippen LogP contribution in [-0.2, 0) is 28.6 Å². The van der Waals surface area contributed by atoms with Gasteiger partial charge in [-0.1, -0.05) is 292 Å². The van der Waals surface area contributed by atoms with Gasteiger partial charge in [0.25, 0.3) is 0 Å². The van der Waals surface area contributed by atoms with Crippen LogP contribution in [0.25, 0.3) is 0 Å². The molecule has 0 aliphatic heterocycles. The first kappa shape index (κ1) is 72.6. The summed E-state index contributed by atoms with van der Waals surface area (Å²) in [6.07, 6.45) is 84.4. The summed E-state index contributed by atoms with van der Waals surface area (Å²) in [6.45, 7) is 6.53. The summed E-state index contributed by atoms with van der Waals surface area (Å²) in [5.41, 5.74) is 0. The van der Waals surface area contributed by atoms with E-state index in [1.807, 2.05) is 0 Å². The van der Waals surface area contributed by atoms with Crippen molar-refractivity contribution in [2.75, 3.05) is 13.2 Å². The fourth-order valence-corrected chi connectivity index (χ4v) is 9.27. The zero-order valence-electron chi connectivity index (χ0n) is 50.3. The Balaban J connectivity index is 4.30. The second-order valence-electron chi connectivity index (χ2n) is 21.6. The van der Waals surface area contributed by atoms with Crippen LogP contribution in [0.4, 0.5) is 0 Å². The van der Waals surface area contributed by atoms with E-state index in [2.05, 4.69) is 106 Å². The van der Waals surface area contributed by atoms with Crippen molar-refractivity contribution < 1.29 is 28.6 Å². The molecule has 0 saturated carbocycles. The standard InChI is InChI=1S/C70H122O6/c1-4-7-10-13-16-19-22-25-28-30-31-32-33-34-35-36-37-38-39-41-42-45-48-51-54-57-60-63-69(72)75-66-67(65-74-68(71)62-59-56-53-50-47-44-27-24-21-18-15-12-9-6-3)76-70(73)64-61-58-55-52-49-46-43-40-29-26-23-20-17-14-11-8-5-2/h7,10,16-17,19-20,25-26,28-29,31-32,34-35,67H,4-6,8-9,11-15,18,21-24,27,30,33,36-66H2,1-3H3/b10-7-,19-16-,20-17-,28-25-,29-26-,32-31-,35-34-. The van der Waals surface area contributed by atoms with Crippen molar-refractivity contribution in [1.29, 1.82) is 0 Å². The van der Waals surface area contributed by atoms with Crippen LogP contribution in [0, 0.1) is 0 Å². The molecule has 0 aromatic rings.